The Morgan fingerprint density at radius 3 is 2.19 bits per heavy atom. The molecule has 0 bridgehead atoms. The van der Waals surface area contributed by atoms with Crippen molar-refractivity contribution >= 4 is 17.8 Å². The van der Waals surface area contributed by atoms with Crippen molar-refractivity contribution in [1.82, 2.24) is 15.1 Å². The van der Waals surface area contributed by atoms with Crippen molar-refractivity contribution in [3.05, 3.63) is 100 Å². The van der Waals surface area contributed by atoms with Gasteiger partial charge in [-0.2, -0.15) is 0 Å². The molecule has 7 nitrogen and oxygen atoms in total. The highest BCUT2D eigenvalue weighted by Gasteiger charge is 2.45. The van der Waals surface area contributed by atoms with Gasteiger partial charge < -0.3 is 15.0 Å². The Morgan fingerprint density at radius 2 is 1.63 bits per heavy atom. The van der Waals surface area contributed by atoms with Crippen LogP contribution in [0, 0.1) is 24.7 Å². The first-order valence-electron chi connectivity index (χ1n) is 14.5. The van der Waals surface area contributed by atoms with Crippen LogP contribution in [0.3, 0.4) is 0 Å². The molecule has 0 aliphatic carbocycles. The number of amides is 3. The number of benzene rings is 3. The van der Waals surface area contributed by atoms with Crippen LogP contribution in [0.4, 0.5) is 4.79 Å². The summed E-state index contributed by atoms with van der Waals surface area (Å²) in [6.45, 7) is 9.56. The first kappa shape index (κ1) is 29.5. The van der Waals surface area contributed by atoms with Crippen LogP contribution >= 0.6 is 0 Å². The highest BCUT2D eigenvalue weighted by molar-refractivity contribution is 6.11. The zero-order valence-electron chi connectivity index (χ0n) is 25.1. The Labute approximate surface area is 254 Å². The maximum Gasteiger partial charge on any atom is 0.326 e. The molecule has 3 aromatic rings. The molecule has 0 radical (unpaired) electrons. The molecule has 0 aromatic heterocycles. The number of aliphatic imine (C=N–C) groups is 1. The Hall–Kier alpha value is -5.01. The van der Waals surface area contributed by atoms with Crippen LogP contribution in [0.25, 0.3) is 0 Å². The lowest BCUT2D eigenvalue weighted by molar-refractivity contribution is -0.123. The SMILES string of the molecule is C#Cc1ccc([C@@H]2[C@H](c3ccc(C#C)cc3)N=C(c3ccc(C(C)(C)C)cc3OCC)N2C(=O)N2CCNC(=O)C2)cc1. The standard InChI is InChI=1S/C36H36N4O3/c1-7-24-10-14-26(15-11-24)32-33(27-16-12-25(8-2)13-17-27)40(35(42)39-21-20-37-31(41)23-39)34(38-32)29-19-18-28(36(4,5)6)22-30(29)43-9-3/h1-2,10-19,22,32-33H,9,20-21,23H2,3-6H3,(H,37,41)/t32-,33+/m0/s1. The lowest BCUT2D eigenvalue weighted by Gasteiger charge is -2.36. The van der Waals surface area contributed by atoms with Crippen molar-refractivity contribution in [3.8, 4) is 30.4 Å². The highest BCUT2D eigenvalue weighted by atomic mass is 16.5. The van der Waals surface area contributed by atoms with E-state index in [4.69, 9.17) is 22.6 Å². The molecule has 2 atom stereocenters. The Kier molecular flexibility index (Phi) is 8.28. The lowest BCUT2D eigenvalue weighted by atomic mass is 9.86. The van der Waals surface area contributed by atoms with Gasteiger partial charge >= 0.3 is 6.03 Å². The summed E-state index contributed by atoms with van der Waals surface area (Å²) in [5.41, 5.74) is 4.95. The summed E-state index contributed by atoms with van der Waals surface area (Å²) in [6, 6.07) is 20.1. The van der Waals surface area contributed by atoms with Gasteiger partial charge in [0.1, 0.15) is 24.2 Å². The quantitative estimate of drug-likeness (QED) is 0.414. The molecule has 5 rings (SSSR count). The molecule has 2 heterocycles. The molecule has 0 unspecified atom stereocenters. The van der Waals surface area contributed by atoms with Gasteiger partial charge in [-0.25, -0.2) is 4.79 Å². The van der Waals surface area contributed by atoms with E-state index in [-0.39, 0.29) is 23.9 Å². The van der Waals surface area contributed by atoms with Crippen LogP contribution < -0.4 is 10.1 Å². The number of ether oxygens (including phenoxy) is 1. The maximum atomic E-state index is 14.5. The van der Waals surface area contributed by atoms with Crippen LogP contribution in [0.2, 0.25) is 0 Å². The molecular formula is C36H36N4O3. The molecule has 3 amide bonds. The van der Waals surface area contributed by atoms with E-state index in [9.17, 15) is 9.59 Å². The number of nitrogens with zero attached hydrogens (tertiary/aromatic N) is 3. The fourth-order valence-electron chi connectivity index (χ4n) is 5.49. The third-order valence-corrected chi connectivity index (χ3v) is 7.81. The fraction of sp³-hybridized carbons (Fsp3) is 0.306. The van der Waals surface area contributed by atoms with Gasteiger partial charge in [0.15, 0.2) is 0 Å². The second kappa shape index (κ2) is 12.1. The van der Waals surface area contributed by atoms with Gasteiger partial charge in [0, 0.05) is 24.2 Å². The third kappa shape index (κ3) is 5.98. The molecule has 2 aliphatic rings. The molecule has 7 heteroatoms. The van der Waals surface area contributed by atoms with Gasteiger partial charge in [-0.3, -0.25) is 14.7 Å². The normalized spacial score (nSPS) is 18.4. The molecule has 3 aromatic carbocycles. The van der Waals surface area contributed by atoms with Crippen LogP contribution in [0.1, 0.15) is 73.2 Å². The first-order chi connectivity index (χ1) is 20.6. The molecule has 1 fully saturated rings. The number of hydrogen-bond donors (Lipinski definition) is 1. The van der Waals surface area contributed by atoms with Crippen molar-refractivity contribution in [3.63, 3.8) is 0 Å². The summed E-state index contributed by atoms with van der Waals surface area (Å²) in [5.74, 6) is 6.27. The minimum Gasteiger partial charge on any atom is -0.493 e. The molecular weight excluding hydrogens is 536 g/mol. The van der Waals surface area contributed by atoms with E-state index in [1.54, 1.807) is 9.80 Å². The van der Waals surface area contributed by atoms with Gasteiger partial charge in [-0.1, -0.05) is 62.9 Å². The van der Waals surface area contributed by atoms with E-state index in [1.807, 2.05) is 67.6 Å². The summed E-state index contributed by atoms with van der Waals surface area (Å²) in [5, 5.41) is 2.81. The first-order valence-corrected chi connectivity index (χ1v) is 14.5. The van der Waals surface area contributed by atoms with E-state index in [1.165, 1.54) is 0 Å². The van der Waals surface area contributed by atoms with E-state index in [0.29, 0.717) is 36.8 Å². The number of carbonyl (C=O) groups is 2. The smallest absolute Gasteiger partial charge is 0.326 e. The Morgan fingerprint density at radius 1 is 1.00 bits per heavy atom. The number of hydrogen-bond acceptors (Lipinski definition) is 4. The van der Waals surface area contributed by atoms with Crippen molar-refractivity contribution < 1.29 is 14.3 Å². The molecule has 0 saturated carbocycles. The number of nitrogens with one attached hydrogen (secondary N) is 1. The predicted octanol–water partition coefficient (Wildman–Crippen LogP) is 5.44. The van der Waals surface area contributed by atoms with Crippen molar-refractivity contribution in [2.45, 2.75) is 45.2 Å². The summed E-state index contributed by atoms with van der Waals surface area (Å²) in [7, 11) is 0. The molecule has 0 spiro atoms. The van der Waals surface area contributed by atoms with Crippen molar-refractivity contribution in [1.29, 1.82) is 0 Å². The maximum absolute atomic E-state index is 14.5. The Balaban J connectivity index is 1.72. The molecule has 43 heavy (non-hydrogen) atoms. The van der Waals surface area contributed by atoms with Gasteiger partial charge in [0.05, 0.1) is 18.2 Å². The number of urea groups is 1. The Bertz CT molecular complexity index is 1640. The topological polar surface area (TPSA) is 74.2 Å². The van der Waals surface area contributed by atoms with Crippen LogP contribution in [-0.2, 0) is 10.2 Å². The fourth-order valence-corrected chi connectivity index (χ4v) is 5.49. The summed E-state index contributed by atoms with van der Waals surface area (Å²) < 4.78 is 6.18. The van der Waals surface area contributed by atoms with E-state index >= 15 is 0 Å². The van der Waals surface area contributed by atoms with Gasteiger partial charge in [0.25, 0.3) is 0 Å². The average Bonchev–Trinajstić information content (AvgIpc) is 3.40. The van der Waals surface area contributed by atoms with Crippen LogP contribution in [0.5, 0.6) is 5.75 Å². The number of piperazine rings is 1. The lowest BCUT2D eigenvalue weighted by Crippen LogP contribution is -2.55. The minimum atomic E-state index is -0.521. The summed E-state index contributed by atoms with van der Waals surface area (Å²) in [6.07, 6.45) is 11.3. The van der Waals surface area contributed by atoms with Crippen molar-refractivity contribution in [2.24, 2.45) is 4.99 Å². The van der Waals surface area contributed by atoms with Crippen LogP contribution in [0.15, 0.2) is 71.7 Å². The van der Waals surface area contributed by atoms with Gasteiger partial charge in [-0.05, 0) is 65.4 Å². The van der Waals surface area contributed by atoms with E-state index in [2.05, 4.69) is 44.0 Å². The second-order valence-corrected chi connectivity index (χ2v) is 11.7. The minimum absolute atomic E-state index is 0.0336. The zero-order chi connectivity index (χ0) is 30.7. The monoisotopic (exact) mass is 572 g/mol. The van der Waals surface area contributed by atoms with Gasteiger partial charge in [-0.15, -0.1) is 12.8 Å². The molecule has 2 aliphatic heterocycles. The number of amidine groups is 1. The number of terminal acetylenes is 2. The molecule has 218 valence electrons. The average molecular weight is 573 g/mol. The largest absolute Gasteiger partial charge is 0.493 e. The zero-order valence-corrected chi connectivity index (χ0v) is 25.1. The molecule has 1 N–H and O–H groups in total. The van der Waals surface area contributed by atoms with E-state index in [0.717, 1.165) is 27.8 Å². The number of rotatable bonds is 5. The summed E-state index contributed by atoms with van der Waals surface area (Å²) >= 11 is 0. The predicted molar refractivity (Wildman–Crippen MR) is 169 cm³/mol. The third-order valence-electron chi connectivity index (χ3n) is 7.81. The van der Waals surface area contributed by atoms with Crippen LogP contribution in [-0.4, -0.2) is 53.8 Å². The summed E-state index contributed by atoms with van der Waals surface area (Å²) in [4.78, 5) is 35.4. The second-order valence-electron chi connectivity index (χ2n) is 11.7. The van der Waals surface area contributed by atoms with Crippen molar-refractivity contribution in [2.75, 3.05) is 26.2 Å². The van der Waals surface area contributed by atoms with Gasteiger partial charge in [0.2, 0.25) is 5.91 Å². The molecule has 1 saturated heterocycles. The highest BCUT2D eigenvalue weighted by Crippen LogP contribution is 2.45. The van der Waals surface area contributed by atoms with E-state index < -0.39 is 12.1 Å². The number of carbonyl (C=O) groups excluding carboxylic acids is 2.